The number of carbonyl (C=O) groups excluding carboxylic acids is 1. The summed E-state index contributed by atoms with van der Waals surface area (Å²) in [7, 11) is 0. The van der Waals surface area contributed by atoms with Crippen LogP contribution in [0.5, 0.6) is 0 Å². The lowest BCUT2D eigenvalue weighted by atomic mass is 10.1. The van der Waals surface area contributed by atoms with Gasteiger partial charge in [0, 0.05) is 12.1 Å². The average Bonchev–Trinajstić information content (AvgIpc) is 2.81. The Kier molecular flexibility index (Phi) is 4.16. The maximum absolute atomic E-state index is 13.3. The molecule has 1 saturated carbocycles. The van der Waals surface area contributed by atoms with E-state index in [4.69, 9.17) is 5.11 Å². The first-order valence-electron chi connectivity index (χ1n) is 6.21. The van der Waals surface area contributed by atoms with Crippen molar-refractivity contribution in [2.75, 3.05) is 5.32 Å². The molecule has 7 heteroatoms. The molecule has 108 valence electrons. The Bertz CT molecular complexity index is 536. The maximum Gasteiger partial charge on any atom is 0.319 e. The number of carbonyl (C=O) groups is 2. The molecule has 2 rings (SSSR count). The van der Waals surface area contributed by atoms with Crippen molar-refractivity contribution in [3.8, 4) is 0 Å². The van der Waals surface area contributed by atoms with Gasteiger partial charge in [0.1, 0.15) is 11.6 Å². The van der Waals surface area contributed by atoms with E-state index in [0.717, 1.165) is 12.1 Å². The molecule has 0 aromatic heterocycles. The quantitative estimate of drug-likeness (QED) is 0.797. The summed E-state index contributed by atoms with van der Waals surface area (Å²) in [5, 5.41) is 13.7. The van der Waals surface area contributed by atoms with Gasteiger partial charge in [-0.25, -0.2) is 13.6 Å². The molecule has 20 heavy (non-hydrogen) atoms. The maximum atomic E-state index is 13.3. The van der Waals surface area contributed by atoms with Crippen LogP contribution in [-0.2, 0) is 4.79 Å². The summed E-state index contributed by atoms with van der Waals surface area (Å²) >= 11 is 0. The first kappa shape index (κ1) is 14.2. The highest BCUT2D eigenvalue weighted by Gasteiger charge is 2.30. The van der Waals surface area contributed by atoms with Crippen molar-refractivity contribution in [3.05, 3.63) is 29.8 Å². The predicted molar refractivity (Wildman–Crippen MR) is 67.3 cm³/mol. The Hall–Kier alpha value is -2.18. The van der Waals surface area contributed by atoms with Gasteiger partial charge in [-0.15, -0.1) is 0 Å². The van der Waals surface area contributed by atoms with E-state index in [-0.39, 0.29) is 11.7 Å². The van der Waals surface area contributed by atoms with Crippen molar-refractivity contribution < 1.29 is 23.5 Å². The third-order valence-electron chi connectivity index (χ3n) is 3.30. The molecule has 0 spiro atoms. The van der Waals surface area contributed by atoms with Gasteiger partial charge in [0.2, 0.25) is 0 Å². The standard InChI is InChI=1S/C13H14F2N2O3/c14-8-2-4-11(10(15)6-8)17-13(20)16-9-3-1-7(5-9)12(18)19/h2,4,6-7,9H,1,3,5H2,(H,18,19)(H2,16,17,20)/t7-,9+/m1/s1. The molecule has 1 fully saturated rings. The second-order valence-electron chi connectivity index (χ2n) is 4.77. The van der Waals surface area contributed by atoms with E-state index in [1.54, 1.807) is 0 Å². The molecule has 0 unspecified atom stereocenters. The van der Waals surface area contributed by atoms with Crippen LogP contribution in [-0.4, -0.2) is 23.1 Å². The highest BCUT2D eigenvalue weighted by Crippen LogP contribution is 2.25. The Morgan fingerprint density at radius 3 is 2.60 bits per heavy atom. The average molecular weight is 284 g/mol. The van der Waals surface area contributed by atoms with Gasteiger partial charge in [0.05, 0.1) is 11.6 Å². The van der Waals surface area contributed by atoms with E-state index in [1.165, 1.54) is 0 Å². The molecule has 2 amide bonds. The first-order valence-corrected chi connectivity index (χ1v) is 6.21. The zero-order valence-electron chi connectivity index (χ0n) is 10.5. The monoisotopic (exact) mass is 284 g/mol. The third-order valence-corrected chi connectivity index (χ3v) is 3.30. The fourth-order valence-corrected chi connectivity index (χ4v) is 2.27. The molecule has 1 aromatic rings. The highest BCUT2D eigenvalue weighted by molar-refractivity contribution is 5.89. The van der Waals surface area contributed by atoms with Gasteiger partial charge in [0.15, 0.2) is 0 Å². The second kappa shape index (κ2) is 5.85. The minimum absolute atomic E-state index is 0.128. The minimum atomic E-state index is -0.876. The number of hydrogen-bond donors (Lipinski definition) is 3. The van der Waals surface area contributed by atoms with E-state index < -0.39 is 29.6 Å². The van der Waals surface area contributed by atoms with Crippen LogP contribution in [0.15, 0.2) is 18.2 Å². The fourth-order valence-electron chi connectivity index (χ4n) is 2.27. The van der Waals surface area contributed by atoms with Gasteiger partial charge < -0.3 is 15.7 Å². The molecule has 0 bridgehead atoms. The zero-order chi connectivity index (χ0) is 14.7. The van der Waals surface area contributed by atoms with Gasteiger partial charge in [-0.05, 0) is 31.4 Å². The van der Waals surface area contributed by atoms with E-state index in [9.17, 15) is 18.4 Å². The largest absolute Gasteiger partial charge is 0.481 e. The zero-order valence-corrected chi connectivity index (χ0v) is 10.5. The summed E-state index contributed by atoms with van der Waals surface area (Å²) in [5.74, 6) is -2.93. The molecule has 0 heterocycles. The lowest BCUT2D eigenvalue weighted by molar-refractivity contribution is -0.141. The van der Waals surface area contributed by atoms with Crippen LogP contribution in [0.1, 0.15) is 19.3 Å². The number of hydrogen-bond acceptors (Lipinski definition) is 2. The number of nitrogens with one attached hydrogen (secondary N) is 2. The van der Waals surface area contributed by atoms with Crippen molar-refractivity contribution in [1.82, 2.24) is 5.32 Å². The lowest BCUT2D eigenvalue weighted by Gasteiger charge is -2.13. The molecule has 3 N–H and O–H groups in total. The molecule has 0 saturated heterocycles. The van der Waals surface area contributed by atoms with E-state index in [2.05, 4.69) is 10.6 Å². The van der Waals surface area contributed by atoms with Crippen molar-refractivity contribution in [3.63, 3.8) is 0 Å². The smallest absolute Gasteiger partial charge is 0.319 e. The van der Waals surface area contributed by atoms with E-state index in [1.807, 2.05) is 0 Å². The fraction of sp³-hybridized carbons (Fsp3) is 0.385. The number of halogens is 2. The molecule has 5 nitrogen and oxygen atoms in total. The van der Waals surface area contributed by atoms with Crippen LogP contribution >= 0.6 is 0 Å². The van der Waals surface area contributed by atoms with Crippen LogP contribution in [0.3, 0.4) is 0 Å². The third kappa shape index (κ3) is 3.43. The summed E-state index contributed by atoms with van der Waals surface area (Å²) in [4.78, 5) is 22.4. The molecular weight excluding hydrogens is 270 g/mol. The van der Waals surface area contributed by atoms with Gasteiger partial charge in [-0.3, -0.25) is 4.79 Å². The highest BCUT2D eigenvalue weighted by atomic mass is 19.1. The summed E-state index contributed by atoms with van der Waals surface area (Å²) in [6.45, 7) is 0. The summed E-state index contributed by atoms with van der Waals surface area (Å²) in [6, 6.07) is 1.95. The number of anilines is 1. The molecule has 1 aromatic carbocycles. The van der Waals surface area contributed by atoms with Gasteiger partial charge in [-0.2, -0.15) is 0 Å². The van der Waals surface area contributed by atoms with Crippen molar-refractivity contribution in [2.45, 2.75) is 25.3 Å². The predicted octanol–water partition coefficient (Wildman–Crippen LogP) is 2.34. The molecule has 1 aliphatic carbocycles. The molecule has 0 aliphatic heterocycles. The van der Waals surface area contributed by atoms with Crippen LogP contribution in [0.4, 0.5) is 19.3 Å². The Labute approximate surface area is 114 Å². The normalized spacial score (nSPS) is 21.5. The van der Waals surface area contributed by atoms with Gasteiger partial charge in [0.25, 0.3) is 0 Å². The van der Waals surface area contributed by atoms with Crippen molar-refractivity contribution in [2.24, 2.45) is 5.92 Å². The number of benzene rings is 1. The Morgan fingerprint density at radius 1 is 1.25 bits per heavy atom. The number of carboxylic acid groups (broad SMARTS) is 1. The number of amides is 2. The van der Waals surface area contributed by atoms with Crippen molar-refractivity contribution in [1.29, 1.82) is 0 Å². The molecular formula is C13H14F2N2O3. The SMILES string of the molecule is O=C(Nc1ccc(F)cc1F)N[C@H]1CC[C@@H](C(=O)O)C1. The summed E-state index contributed by atoms with van der Waals surface area (Å²) < 4.78 is 26.0. The Morgan fingerprint density at radius 2 is 2.00 bits per heavy atom. The van der Waals surface area contributed by atoms with E-state index in [0.29, 0.717) is 25.3 Å². The second-order valence-corrected chi connectivity index (χ2v) is 4.77. The molecule has 2 atom stereocenters. The van der Waals surface area contributed by atoms with Crippen LogP contribution < -0.4 is 10.6 Å². The van der Waals surface area contributed by atoms with Gasteiger partial charge >= 0.3 is 12.0 Å². The number of carboxylic acids is 1. The van der Waals surface area contributed by atoms with Crippen LogP contribution in [0.2, 0.25) is 0 Å². The molecule has 0 radical (unpaired) electrons. The number of aliphatic carboxylic acids is 1. The minimum Gasteiger partial charge on any atom is -0.481 e. The van der Waals surface area contributed by atoms with Crippen LogP contribution in [0, 0.1) is 17.6 Å². The van der Waals surface area contributed by atoms with E-state index >= 15 is 0 Å². The molecule has 1 aliphatic rings. The summed E-state index contributed by atoms with van der Waals surface area (Å²) in [6.07, 6.45) is 1.43. The Balaban J connectivity index is 1.88. The number of rotatable bonds is 3. The van der Waals surface area contributed by atoms with Crippen LogP contribution in [0.25, 0.3) is 0 Å². The topological polar surface area (TPSA) is 78.4 Å². The summed E-state index contributed by atoms with van der Waals surface area (Å²) in [5.41, 5.74) is -0.128. The number of urea groups is 1. The first-order chi connectivity index (χ1) is 9.45. The van der Waals surface area contributed by atoms with Gasteiger partial charge in [-0.1, -0.05) is 0 Å². The lowest BCUT2D eigenvalue weighted by Crippen LogP contribution is -2.36. The van der Waals surface area contributed by atoms with Crippen molar-refractivity contribution >= 4 is 17.7 Å².